The first-order valence-corrected chi connectivity index (χ1v) is 14.9. The van der Waals surface area contributed by atoms with Gasteiger partial charge in [0, 0.05) is 37.7 Å². The highest BCUT2D eigenvalue weighted by atomic mass is 35.5. The van der Waals surface area contributed by atoms with Crippen molar-refractivity contribution in [3.05, 3.63) is 50.4 Å². The Morgan fingerprint density at radius 3 is 2.41 bits per heavy atom. The number of alkyl carbamates (subject to hydrolysis) is 1. The summed E-state index contributed by atoms with van der Waals surface area (Å²) in [5, 5.41) is 4.12. The summed E-state index contributed by atoms with van der Waals surface area (Å²) in [6, 6.07) is 3.15. The quantitative estimate of drug-likeness (QED) is 0.340. The lowest BCUT2D eigenvalue weighted by Crippen LogP contribution is -2.46. The maximum atomic E-state index is 14.0. The number of benzene rings is 1. The normalized spacial score (nSPS) is 18.3. The number of aromatic nitrogens is 1. The number of nitrogens with one attached hydrogen (secondary N) is 1. The van der Waals surface area contributed by atoms with Crippen LogP contribution in [0.25, 0.3) is 10.8 Å². The summed E-state index contributed by atoms with van der Waals surface area (Å²) in [7, 11) is 0. The van der Waals surface area contributed by atoms with Gasteiger partial charge < -0.3 is 24.3 Å². The number of amides is 2. The van der Waals surface area contributed by atoms with Crippen LogP contribution in [0.1, 0.15) is 65.5 Å². The van der Waals surface area contributed by atoms with Gasteiger partial charge in [-0.1, -0.05) is 36.5 Å². The van der Waals surface area contributed by atoms with Crippen LogP contribution in [-0.2, 0) is 22.6 Å². The first-order chi connectivity index (χ1) is 19.5. The largest absolute Gasteiger partial charge is 0.491 e. The van der Waals surface area contributed by atoms with E-state index in [0.717, 1.165) is 25.7 Å². The van der Waals surface area contributed by atoms with Crippen molar-refractivity contribution in [3.63, 3.8) is 0 Å². The van der Waals surface area contributed by atoms with Gasteiger partial charge in [0.15, 0.2) is 5.54 Å². The standard InChI is InChI=1S/C30H38Cl2N4O5/c1-5-6-16-40-25-20-17-22(31)23(32)18-21(20)26(37)36(24(25)19-33-28(39)41-29(2,3)4)15-11-30(10-9-12-34-30)27(38)35-13-7-8-14-35/h9-10,12,17-18H,5-8,11,13-16,19H2,1-4H3,(H,33,39). The molecule has 2 amide bonds. The Morgan fingerprint density at radius 2 is 1.80 bits per heavy atom. The van der Waals surface area contributed by atoms with Crippen molar-refractivity contribution >= 4 is 52.2 Å². The highest BCUT2D eigenvalue weighted by molar-refractivity contribution is 6.42. The molecule has 1 saturated heterocycles. The molecular weight excluding hydrogens is 567 g/mol. The minimum absolute atomic E-state index is 0.0476. The predicted molar refractivity (Wildman–Crippen MR) is 162 cm³/mol. The second-order valence-electron chi connectivity index (χ2n) is 11.4. The van der Waals surface area contributed by atoms with Crippen molar-refractivity contribution in [1.82, 2.24) is 14.8 Å². The maximum absolute atomic E-state index is 14.0. The summed E-state index contributed by atoms with van der Waals surface area (Å²) >= 11 is 12.7. The topological polar surface area (TPSA) is 102 Å². The monoisotopic (exact) mass is 604 g/mol. The van der Waals surface area contributed by atoms with Crippen LogP contribution in [0.15, 0.2) is 34.1 Å². The van der Waals surface area contributed by atoms with Crippen molar-refractivity contribution in [1.29, 1.82) is 0 Å². The zero-order valence-corrected chi connectivity index (χ0v) is 25.6. The number of pyridine rings is 1. The number of unbranched alkanes of at least 4 members (excludes halogenated alkanes) is 1. The molecule has 0 spiro atoms. The van der Waals surface area contributed by atoms with Crippen LogP contribution < -0.4 is 15.6 Å². The second-order valence-corrected chi connectivity index (χ2v) is 12.2. The molecule has 1 fully saturated rings. The van der Waals surface area contributed by atoms with Gasteiger partial charge in [-0.05, 0) is 64.3 Å². The van der Waals surface area contributed by atoms with Crippen molar-refractivity contribution in [3.8, 4) is 5.75 Å². The summed E-state index contributed by atoms with van der Waals surface area (Å²) in [4.78, 5) is 46.6. The van der Waals surface area contributed by atoms with Gasteiger partial charge in [0.25, 0.3) is 11.5 Å². The van der Waals surface area contributed by atoms with E-state index in [-0.39, 0.29) is 41.0 Å². The Morgan fingerprint density at radius 1 is 1.12 bits per heavy atom. The molecular formula is C30H38Cl2N4O5. The Labute approximate surface area is 250 Å². The van der Waals surface area contributed by atoms with Crippen molar-refractivity contribution in [2.45, 2.75) is 84.0 Å². The Balaban J connectivity index is 1.79. The minimum Gasteiger partial charge on any atom is -0.491 e. The molecule has 0 bridgehead atoms. The van der Waals surface area contributed by atoms with Crippen molar-refractivity contribution in [2.24, 2.45) is 4.99 Å². The van der Waals surface area contributed by atoms with Crippen molar-refractivity contribution < 1.29 is 19.1 Å². The molecule has 1 aromatic carbocycles. The van der Waals surface area contributed by atoms with E-state index >= 15 is 0 Å². The molecule has 1 aromatic heterocycles. The van der Waals surface area contributed by atoms with Gasteiger partial charge in [0.2, 0.25) is 0 Å². The number of hydrogen-bond donors (Lipinski definition) is 1. The fourth-order valence-electron chi connectivity index (χ4n) is 5.10. The molecule has 2 aliphatic heterocycles. The van der Waals surface area contributed by atoms with Gasteiger partial charge in [-0.25, -0.2) is 4.79 Å². The summed E-state index contributed by atoms with van der Waals surface area (Å²) in [5.41, 5.74) is -1.70. The van der Waals surface area contributed by atoms with Gasteiger partial charge in [-0.3, -0.25) is 14.6 Å². The van der Waals surface area contributed by atoms with Crippen LogP contribution in [0.5, 0.6) is 5.75 Å². The fraction of sp³-hybridized carbons (Fsp3) is 0.533. The molecule has 0 saturated carbocycles. The molecule has 1 N–H and O–H groups in total. The number of carbonyl (C=O) groups is 2. The lowest BCUT2D eigenvalue weighted by atomic mass is 9.94. The zero-order chi connectivity index (χ0) is 29.8. The third-order valence-corrected chi connectivity index (χ3v) is 7.88. The molecule has 3 heterocycles. The van der Waals surface area contributed by atoms with E-state index < -0.39 is 17.2 Å². The third kappa shape index (κ3) is 7.07. The van der Waals surface area contributed by atoms with Crippen LogP contribution >= 0.6 is 23.2 Å². The first-order valence-electron chi connectivity index (χ1n) is 14.1. The molecule has 2 aliphatic rings. The number of allylic oxidation sites excluding steroid dienone is 1. The zero-order valence-electron chi connectivity index (χ0n) is 24.1. The molecule has 1 atom stereocenters. The minimum atomic E-state index is -1.10. The molecule has 1 unspecified atom stereocenters. The average Bonchev–Trinajstić information content (AvgIpc) is 3.62. The molecule has 0 aliphatic carbocycles. The number of hydrogen-bond acceptors (Lipinski definition) is 6. The molecule has 222 valence electrons. The Kier molecular flexibility index (Phi) is 9.70. The van der Waals surface area contributed by atoms with E-state index in [2.05, 4.69) is 17.2 Å². The fourth-order valence-corrected chi connectivity index (χ4v) is 5.43. The average molecular weight is 606 g/mol. The number of nitrogens with zero attached hydrogens (tertiary/aromatic N) is 3. The molecule has 41 heavy (non-hydrogen) atoms. The molecule has 4 rings (SSSR count). The van der Waals surface area contributed by atoms with Crippen LogP contribution in [0.4, 0.5) is 4.79 Å². The molecule has 11 heteroatoms. The van der Waals surface area contributed by atoms with Crippen LogP contribution in [-0.4, -0.2) is 58.5 Å². The van der Waals surface area contributed by atoms with Crippen LogP contribution in [0.2, 0.25) is 10.0 Å². The maximum Gasteiger partial charge on any atom is 0.407 e. The van der Waals surface area contributed by atoms with Crippen LogP contribution in [0.3, 0.4) is 0 Å². The molecule has 0 radical (unpaired) electrons. The molecule has 2 aromatic rings. The van der Waals surface area contributed by atoms with E-state index in [9.17, 15) is 14.4 Å². The summed E-state index contributed by atoms with van der Waals surface area (Å²) < 4.78 is 13.3. The lowest BCUT2D eigenvalue weighted by Gasteiger charge is -2.29. The van der Waals surface area contributed by atoms with E-state index in [1.54, 1.807) is 49.8 Å². The number of aliphatic imine (C=N–C) groups is 1. The number of carbonyl (C=O) groups excluding carboxylic acids is 2. The van der Waals surface area contributed by atoms with Crippen molar-refractivity contribution in [2.75, 3.05) is 19.7 Å². The highest BCUT2D eigenvalue weighted by Crippen LogP contribution is 2.35. The SMILES string of the molecule is CCCCOc1c(CNC(=O)OC(C)(C)C)n(CCC2(C(=O)N3CCCC3)C=CC=N2)c(=O)c2cc(Cl)c(Cl)cc12. The number of ether oxygens (including phenoxy) is 2. The van der Waals surface area contributed by atoms with Gasteiger partial charge in [-0.2, -0.15) is 0 Å². The highest BCUT2D eigenvalue weighted by Gasteiger charge is 2.40. The van der Waals surface area contributed by atoms with Gasteiger partial charge in [-0.15, -0.1) is 0 Å². The Bertz CT molecular complexity index is 1410. The van der Waals surface area contributed by atoms with E-state index in [0.29, 0.717) is 41.9 Å². The van der Waals surface area contributed by atoms with E-state index in [4.69, 9.17) is 32.7 Å². The van der Waals surface area contributed by atoms with E-state index in [1.165, 1.54) is 6.07 Å². The van der Waals surface area contributed by atoms with E-state index in [1.807, 2.05) is 4.90 Å². The van der Waals surface area contributed by atoms with Crippen LogP contribution in [0, 0.1) is 0 Å². The number of halogens is 2. The summed E-state index contributed by atoms with van der Waals surface area (Å²) in [6.45, 7) is 9.26. The Hall–Kier alpha value is -3.04. The smallest absolute Gasteiger partial charge is 0.407 e. The number of fused-ring (bicyclic) bond motifs is 1. The first kappa shape index (κ1) is 30.9. The number of likely N-dealkylation sites (tertiary alicyclic amines) is 1. The van der Waals surface area contributed by atoms with Gasteiger partial charge in [0.1, 0.15) is 11.4 Å². The third-order valence-electron chi connectivity index (χ3n) is 7.15. The lowest BCUT2D eigenvalue weighted by molar-refractivity contribution is -0.134. The van der Waals surface area contributed by atoms with Gasteiger partial charge in [0.05, 0.1) is 34.3 Å². The predicted octanol–water partition coefficient (Wildman–Crippen LogP) is 5.90. The summed E-state index contributed by atoms with van der Waals surface area (Å²) in [6.07, 6.45) is 8.42. The molecule has 9 nitrogen and oxygen atoms in total. The van der Waals surface area contributed by atoms with Gasteiger partial charge >= 0.3 is 6.09 Å². The summed E-state index contributed by atoms with van der Waals surface area (Å²) in [5.74, 6) is 0.351. The number of rotatable bonds is 10. The second kappa shape index (κ2) is 12.9.